The van der Waals surface area contributed by atoms with Gasteiger partial charge in [0.05, 0.1) is 29.5 Å². The van der Waals surface area contributed by atoms with Crippen molar-refractivity contribution < 1.29 is 28.7 Å². The first-order valence-corrected chi connectivity index (χ1v) is 9.41. The minimum atomic E-state index is -1.10. The van der Waals surface area contributed by atoms with Gasteiger partial charge in [0.2, 0.25) is 0 Å². The quantitative estimate of drug-likeness (QED) is 0.580. The Kier molecular flexibility index (Phi) is 5.86. The van der Waals surface area contributed by atoms with Gasteiger partial charge in [0, 0.05) is 6.04 Å². The smallest absolute Gasteiger partial charge is 0.338 e. The van der Waals surface area contributed by atoms with Crippen LogP contribution in [0.4, 0.5) is 5.69 Å². The standard InChI is InChI=1S/C22H22N2O6/c1-12(2)24-20(26)15-10-9-14(11-16(15)21(24)27)22(28)30-13(3)19(25)23-17-7-5-6-8-18(17)29-4/h5-13H,1-4H3,(H,23,25). The molecule has 1 atom stereocenters. The minimum Gasteiger partial charge on any atom is -0.495 e. The highest BCUT2D eigenvalue weighted by Crippen LogP contribution is 2.26. The molecule has 8 nitrogen and oxygen atoms in total. The van der Waals surface area contributed by atoms with Crippen molar-refractivity contribution in [1.29, 1.82) is 0 Å². The number of anilines is 1. The molecular weight excluding hydrogens is 388 g/mol. The maximum atomic E-state index is 12.5. The molecule has 2 aromatic rings. The highest BCUT2D eigenvalue weighted by atomic mass is 16.5. The predicted molar refractivity (Wildman–Crippen MR) is 109 cm³/mol. The molecule has 0 spiro atoms. The molecule has 156 valence electrons. The summed E-state index contributed by atoms with van der Waals surface area (Å²) >= 11 is 0. The Hall–Kier alpha value is -3.68. The number of esters is 1. The summed E-state index contributed by atoms with van der Waals surface area (Å²) in [4.78, 5) is 50.9. The first-order valence-electron chi connectivity index (χ1n) is 9.41. The zero-order valence-corrected chi connectivity index (χ0v) is 17.1. The van der Waals surface area contributed by atoms with E-state index >= 15 is 0 Å². The van der Waals surface area contributed by atoms with Crippen LogP contribution in [0.15, 0.2) is 42.5 Å². The number of para-hydroxylation sites is 2. The highest BCUT2D eigenvalue weighted by molar-refractivity contribution is 6.22. The lowest BCUT2D eigenvalue weighted by molar-refractivity contribution is -0.123. The number of amides is 3. The van der Waals surface area contributed by atoms with Crippen LogP contribution in [0, 0.1) is 0 Å². The predicted octanol–water partition coefficient (Wildman–Crippen LogP) is 2.88. The monoisotopic (exact) mass is 410 g/mol. The molecule has 0 radical (unpaired) electrons. The molecule has 0 fully saturated rings. The zero-order valence-electron chi connectivity index (χ0n) is 17.1. The third-order valence-corrected chi connectivity index (χ3v) is 4.69. The third-order valence-electron chi connectivity index (χ3n) is 4.69. The van der Waals surface area contributed by atoms with E-state index in [1.807, 2.05) is 0 Å². The number of nitrogens with one attached hydrogen (secondary N) is 1. The van der Waals surface area contributed by atoms with Crippen molar-refractivity contribution >= 4 is 29.4 Å². The second-order valence-corrected chi connectivity index (χ2v) is 7.07. The van der Waals surface area contributed by atoms with Crippen LogP contribution >= 0.6 is 0 Å². The number of rotatable bonds is 6. The van der Waals surface area contributed by atoms with Crippen LogP contribution in [0.3, 0.4) is 0 Å². The lowest BCUT2D eigenvalue weighted by Gasteiger charge is -2.17. The summed E-state index contributed by atoms with van der Waals surface area (Å²) in [6.07, 6.45) is -1.10. The number of hydrogen-bond donors (Lipinski definition) is 1. The molecule has 0 aliphatic carbocycles. The van der Waals surface area contributed by atoms with Gasteiger partial charge in [-0.25, -0.2) is 4.79 Å². The van der Waals surface area contributed by atoms with Crippen LogP contribution in [0.2, 0.25) is 0 Å². The fourth-order valence-corrected chi connectivity index (χ4v) is 3.12. The minimum absolute atomic E-state index is 0.0810. The normalized spacial score (nSPS) is 13.8. The highest BCUT2D eigenvalue weighted by Gasteiger charge is 2.37. The Morgan fingerprint density at radius 2 is 1.63 bits per heavy atom. The molecule has 8 heteroatoms. The van der Waals surface area contributed by atoms with Crippen molar-refractivity contribution in [2.45, 2.75) is 32.9 Å². The SMILES string of the molecule is COc1ccccc1NC(=O)C(C)OC(=O)c1ccc2c(c1)C(=O)N(C(C)C)C2=O. The summed E-state index contributed by atoms with van der Waals surface area (Å²) in [6.45, 7) is 4.91. The fraction of sp³-hybridized carbons (Fsp3) is 0.273. The van der Waals surface area contributed by atoms with E-state index in [1.54, 1.807) is 38.1 Å². The average molecular weight is 410 g/mol. The molecule has 2 aromatic carbocycles. The summed E-state index contributed by atoms with van der Waals surface area (Å²) < 4.78 is 10.4. The Bertz CT molecular complexity index is 1030. The van der Waals surface area contributed by atoms with Gasteiger partial charge < -0.3 is 14.8 Å². The molecule has 1 unspecified atom stereocenters. The van der Waals surface area contributed by atoms with Gasteiger partial charge in [0.25, 0.3) is 17.7 Å². The molecule has 1 aliphatic rings. The van der Waals surface area contributed by atoms with Gasteiger partial charge >= 0.3 is 5.97 Å². The van der Waals surface area contributed by atoms with Gasteiger partial charge in [-0.1, -0.05) is 12.1 Å². The second kappa shape index (κ2) is 8.36. The molecule has 3 amide bonds. The van der Waals surface area contributed by atoms with Gasteiger partial charge in [-0.15, -0.1) is 0 Å². The van der Waals surface area contributed by atoms with Crippen LogP contribution < -0.4 is 10.1 Å². The summed E-state index contributed by atoms with van der Waals surface area (Å²) in [7, 11) is 1.48. The van der Waals surface area contributed by atoms with Gasteiger partial charge in [0.1, 0.15) is 5.75 Å². The molecule has 1 heterocycles. The molecule has 0 saturated carbocycles. The number of benzene rings is 2. The topological polar surface area (TPSA) is 102 Å². The summed E-state index contributed by atoms with van der Waals surface area (Å²) in [5.74, 6) is -1.69. The molecule has 1 N–H and O–H groups in total. The average Bonchev–Trinajstić information content (AvgIpc) is 2.98. The van der Waals surface area contributed by atoms with Crippen molar-refractivity contribution in [3.8, 4) is 5.75 Å². The molecular formula is C22H22N2O6. The summed E-state index contributed by atoms with van der Waals surface area (Å²) in [5, 5.41) is 2.64. The van der Waals surface area contributed by atoms with E-state index in [4.69, 9.17) is 9.47 Å². The fourth-order valence-electron chi connectivity index (χ4n) is 3.12. The number of imide groups is 1. The van der Waals surface area contributed by atoms with Crippen LogP contribution in [0.5, 0.6) is 5.75 Å². The maximum Gasteiger partial charge on any atom is 0.338 e. The Morgan fingerprint density at radius 3 is 2.30 bits per heavy atom. The molecule has 3 rings (SSSR count). The number of carbonyl (C=O) groups is 4. The molecule has 0 saturated heterocycles. The van der Waals surface area contributed by atoms with E-state index in [-0.39, 0.29) is 22.7 Å². The van der Waals surface area contributed by atoms with E-state index in [0.29, 0.717) is 11.4 Å². The number of methoxy groups -OCH3 is 1. The first kappa shape index (κ1) is 21.0. The van der Waals surface area contributed by atoms with Crippen LogP contribution in [0.25, 0.3) is 0 Å². The Morgan fingerprint density at radius 1 is 0.967 bits per heavy atom. The van der Waals surface area contributed by atoms with Crippen molar-refractivity contribution in [3.63, 3.8) is 0 Å². The number of nitrogens with zero attached hydrogens (tertiary/aromatic N) is 1. The zero-order chi connectivity index (χ0) is 22.0. The molecule has 30 heavy (non-hydrogen) atoms. The molecule has 0 aromatic heterocycles. The van der Waals surface area contributed by atoms with E-state index in [1.165, 1.54) is 32.2 Å². The lowest BCUT2D eigenvalue weighted by Crippen LogP contribution is -2.35. The van der Waals surface area contributed by atoms with Gasteiger partial charge in [0.15, 0.2) is 6.10 Å². The van der Waals surface area contributed by atoms with E-state index < -0.39 is 29.8 Å². The second-order valence-electron chi connectivity index (χ2n) is 7.07. The van der Waals surface area contributed by atoms with E-state index in [0.717, 1.165) is 4.90 Å². The van der Waals surface area contributed by atoms with Gasteiger partial charge in [-0.05, 0) is 51.1 Å². The van der Waals surface area contributed by atoms with Crippen molar-refractivity contribution in [1.82, 2.24) is 4.90 Å². The van der Waals surface area contributed by atoms with Crippen molar-refractivity contribution in [3.05, 3.63) is 59.2 Å². The largest absolute Gasteiger partial charge is 0.495 e. The lowest BCUT2D eigenvalue weighted by atomic mass is 10.1. The number of carbonyl (C=O) groups excluding carboxylic acids is 4. The maximum absolute atomic E-state index is 12.5. The van der Waals surface area contributed by atoms with Gasteiger partial charge in [-0.2, -0.15) is 0 Å². The van der Waals surface area contributed by atoms with Crippen molar-refractivity contribution in [2.24, 2.45) is 0 Å². The number of hydrogen-bond acceptors (Lipinski definition) is 6. The van der Waals surface area contributed by atoms with Crippen LogP contribution in [-0.2, 0) is 9.53 Å². The summed E-state index contributed by atoms with van der Waals surface area (Å²) in [5.41, 5.74) is 0.919. The Balaban J connectivity index is 1.72. The van der Waals surface area contributed by atoms with Crippen LogP contribution in [0.1, 0.15) is 51.8 Å². The first-order chi connectivity index (χ1) is 14.2. The third kappa shape index (κ3) is 3.89. The van der Waals surface area contributed by atoms with Crippen molar-refractivity contribution in [2.75, 3.05) is 12.4 Å². The van der Waals surface area contributed by atoms with E-state index in [2.05, 4.69) is 5.32 Å². The number of ether oxygens (including phenoxy) is 2. The van der Waals surface area contributed by atoms with E-state index in [9.17, 15) is 19.2 Å². The van der Waals surface area contributed by atoms with Crippen LogP contribution in [-0.4, -0.2) is 47.8 Å². The molecule has 0 bridgehead atoms. The summed E-state index contributed by atoms with van der Waals surface area (Å²) in [6, 6.07) is 10.7. The Labute approximate surface area is 173 Å². The van der Waals surface area contributed by atoms with Gasteiger partial charge in [-0.3, -0.25) is 19.3 Å². The molecule has 1 aliphatic heterocycles. The number of fused-ring (bicyclic) bond motifs is 1.